The Labute approximate surface area is 128 Å². The van der Waals surface area contributed by atoms with Crippen molar-refractivity contribution in [3.8, 4) is 0 Å². The molecule has 1 aliphatic carbocycles. The van der Waals surface area contributed by atoms with Crippen molar-refractivity contribution in [3.63, 3.8) is 0 Å². The molecule has 1 saturated carbocycles. The van der Waals surface area contributed by atoms with Crippen LogP contribution < -0.4 is 5.32 Å². The molecule has 0 radical (unpaired) electrons. The molecule has 0 atom stereocenters. The van der Waals surface area contributed by atoms with E-state index in [4.69, 9.17) is 0 Å². The average Bonchev–Trinajstić information content (AvgIpc) is 3.16. The van der Waals surface area contributed by atoms with Crippen LogP contribution in [0.2, 0.25) is 0 Å². The van der Waals surface area contributed by atoms with Gasteiger partial charge in [0.1, 0.15) is 11.5 Å². The number of aromatic nitrogens is 3. The van der Waals surface area contributed by atoms with Crippen molar-refractivity contribution in [1.82, 2.24) is 14.8 Å². The Morgan fingerprint density at radius 1 is 1.36 bits per heavy atom. The lowest BCUT2D eigenvalue weighted by Gasteiger charge is -2.09. The number of anilines is 1. The second-order valence-electron chi connectivity index (χ2n) is 5.64. The highest BCUT2D eigenvalue weighted by molar-refractivity contribution is 5.44. The maximum absolute atomic E-state index is 10.8. The number of rotatable bonds is 5. The van der Waals surface area contributed by atoms with Crippen LogP contribution in [0.15, 0.2) is 24.4 Å². The molecule has 1 fully saturated rings. The molecule has 1 N–H and O–H groups in total. The summed E-state index contributed by atoms with van der Waals surface area (Å²) in [6.07, 6.45) is 7.00. The van der Waals surface area contributed by atoms with Gasteiger partial charge in [0.05, 0.1) is 23.2 Å². The molecule has 0 amide bonds. The first-order valence-corrected chi connectivity index (χ1v) is 7.53. The zero-order valence-corrected chi connectivity index (χ0v) is 12.5. The molecule has 2 aromatic heterocycles. The maximum Gasteiger partial charge on any atom is 0.290 e. The molecule has 3 rings (SSSR count). The second kappa shape index (κ2) is 6.13. The monoisotopic (exact) mass is 301 g/mol. The van der Waals surface area contributed by atoms with Crippen LogP contribution in [-0.4, -0.2) is 19.7 Å². The van der Waals surface area contributed by atoms with Crippen molar-refractivity contribution >= 4 is 11.5 Å². The van der Waals surface area contributed by atoms with Gasteiger partial charge < -0.3 is 5.32 Å². The van der Waals surface area contributed by atoms with E-state index in [0.717, 1.165) is 5.69 Å². The quantitative estimate of drug-likeness (QED) is 0.677. The Bertz CT molecular complexity index is 676. The predicted octanol–water partition coefficient (Wildman–Crippen LogP) is 3.22. The topological polar surface area (TPSA) is 85.9 Å². The third-order valence-electron chi connectivity index (χ3n) is 4.07. The molecule has 116 valence electrons. The van der Waals surface area contributed by atoms with Gasteiger partial charge >= 0.3 is 0 Å². The summed E-state index contributed by atoms with van der Waals surface area (Å²) in [5.41, 5.74) is 1.40. The molecule has 0 spiro atoms. The summed E-state index contributed by atoms with van der Waals surface area (Å²) in [5, 5.41) is 18.5. The van der Waals surface area contributed by atoms with Crippen molar-refractivity contribution < 1.29 is 4.92 Å². The Morgan fingerprint density at radius 3 is 2.82 bits per heavy atom. The first-order chi connectivity index (χ1) is 10.6. The summed E-state index contributed by atoms with van der Waals surface area (Å²) in [5.74, 6) is 0.624. The van der Waals surface area contributed by atoms with E-state index in [1.165, 1.54) is 31.7 Å². The Hall–Kier alpha value is -2.44. The number of pyridine rings is 1. The molecular weight excluding hydrogens is 282 g/mol. The van der Waals surface area contributed by atoms with Crippen LogP contribution >= 0.6 is 0 Å². The molecule has 7 heteroatoms. The number of hydrogen-bond donors (Lipinski definition) is 1. The first kappa shape index (κ1) is 14.5. The van der Waals surface area contributed by atoms with Crippen molar-refractivity contribution in [2.24, 2.45) is 0 Å². The fourth-order valence-electron chi connectivity index (χ4n) is 2.87. The normalized spacial score (nSPS) is 15.1. The van der Waals surface area contributed by atoms with Crippen LogP contribution in [0.1, 0.15) is 43.1 Å². The number of aryl methyl sites for hydroxylation is 1. The van der Waals surface area contributed by atoms with Crippen LogP contribution in [0.25, 0.3) is 0 Å². The number of nitro groups is 1. The van der Waals surface area contributed by atoms with Crippen molar-refractivity contribution in [2.45, 2.75) is 45.2 Å². The van der Waals surface area contributed by atoms with Gasteiger partial charge in [-0.05, 0) is 31.9 Å². The average molecular weight is 301 g/mol. The number of nitrogens with one attached hydrogen (secondary N) is 1. The van der Waals surface area contributed by atoms with E-state index in [0.29, 0.717) is 24.1 Å². The lowest BCUT2D eigenvalue weighted by Crippen LogP contribution is -2.08. The van der Waals surface area contributed by atoms with E-state index in [9.17, 15) is 10.1 Å². The zero-order valence-electron chi connectivity index (χ0n) is 12.5. The Morgan fingerprint density at radius 2 is 2.14 bits per heavy atom. The van der Waals surface area contributed by atoms with E-state index in [-0.39, 0.29) is 5.69 Å². The van der Waals surface area contributed by atoms with Gasteiger partial charge in [-0.25, -0.2) is 4.98 Å². The van der Waals surface area contributed by atoms with Crippen LogP contribution in [0, 0.1) is 17.0 Å². The third-order valence-corrected chi connectivity index (χ3v) is 4.07. The van der Waals surface area contributed by atoms with Crippen molar-refractivity contribution in [1.29, 1.82) is 0 Å². The van der Waals surface area contributed by atoms with E-state index in [2.05, 4.69) is 20.1 Å². The Balaban J connectivity index is 1.62. The summed E-state index contributed by atoms with van der Waals surface area (Å²) in [6, 6.07) is 5.64. The molecule has 0 bridgehead atoms. The summed E-state index contributed by atoms with van der Waals surface area (Å²) in [4.78, 5) is 14.6. The molecule has 1 aliphatic rings. The minimum Gasteiger partial charge on any atom is -0.364 e. The van der Waals surface area contributed by atoms with E-state index < -0.39 is 4.92 Å². The highest BCUT2D eigenvalue weighted by atomic mass is 16.6. The molecule has 0 aromatic carbocycles. The molecule has 2 heterocycles. The minimum atomic E-state index is -0.421. The van der Waals surface area contributed by atoms with Gasteiger partial charge in [0.2, 0.25) is 0 Å². The van der Waals surface area contributed by atoms with Gasteiger partial charge in [0.25, 0.3) is 5.69 Å². The van der Waals surface area contributed by atoms with Gasteiger partial charge in [-0.15, -0.1) is 0 Å². The van der Waals surface area contributed by atoms with E-state index >= 15 is 0 Å². The van der Waals surface area contributed by atoms with Crippen LogP contribution in [-0.2, 0) is 6.54 Å². The lowest BCUT2D eigenvalue weighted by molar-refractivity contribution is -0.385. The standard InChI is InChI=1S/C15H19N5O2/c1-11-14(20(21)22)6-7-15(17-11)16-10-12-8-9-19(18-12)13-4-2-3-5-13/h6-9,13H,2-5,10H2,1H3,(H,16,17). The molecular formula is C15H19N5O2. The first-order valence-electron chi connectivity index (χ1n) is 7.53. The van der Waals surface area contributed by atoms with Crippen molar-refractivity contribution in [2.75, 3.05) is 5.32 Å². The van der Waals surface area contributed by atoms with Gasteiger partial charge in [-0.2, -0.15) is 5.10 Å². The summed E-state index contributed by atoms with van der Waals surface area (Å²) >= 11 is 0. The maximum atomic E-state index is 10.8. The predicted molar refractivity (Wildman–Crippen MR) is 82.7 cm³/mol. The Kier molecular flexibility index (Phi) is 4.04. The largest absolute Gasteiger partial charge is 0.364 e. The fourth-order valence-corrected chi connectivity index (χ4v) is 2.87. The summed E-state index contributed by atoms with van der Waals surface area (Å²) in [7, 11) is 0. The summed E-state index contributed by atoms with van der Waals surface area (Å²) < 4.78 is 2.05. The molecule has 0 saturated heterocycles. The number of hydrogen-bond acceptors (Lipinski definition) is 5. The van der Waals surface area contributed by atoms with Gasteiger partial charge in [0.15, 0.2) is 0 Å². The SMILES string of the molecule is Cc1nc(NCc2ccn(C3CCCC3)n2)ccc1[N+](=O)[O-]. The highest BCUT2D eigenvalue weighted by Crippen LogP contribution is 2.28. The molecule has 2 aromatic rings. The highest BCUT2D eigenvalue weighted by Gasteiger charge is 2.17. The lowest BCUT2D eigenvalue weighted by atomic mass is 10.3. The third kappa shape index (κ3) is 3.08. The molecule has 0 unspecified atom stereocenters. The van der Waals surface area contributed by atoms with Gasteiger partial charge in [-0.3, -0.25) is 14.8 Å². The number of nitrogens with zero attached hydrogens (tertiary/aromatic N) is 4. The van der Waals surface area contributed by atoms with E-state index in [1.807, 2.05) is 12.3 Å². The van der Waals surface area contributed by atoms with Crippen LogP contribution in [0.3, 0.4) is 0 Å². The molecule has 7 nitrogen and oxygen atoms in total. The van der Waals surface area contributed by atoms with Gasteiger partial charge in [0, 0.05) is 12.3 Å². The fraction of sp³-hybridized carbons (Fsp3) is 0.467. The molecule has 22 heavy (non-hydrogen) atoms. The minimum absolute atomic E-state index is 0.0380. The van der Waals surface area contributed by atoms with Crippen molar-refractivity contribution in [3.05, 3.63) is 45.9 Å². The summed E-state index contributed by atoms with van der Waals surface area (Å²) in [6.45, 7) is 2.20. The van der Waals surface area contributed by atoms with Crippen LogP contribution in [0.4, 0.5) is 11.5 Å². The van der Waals surface area contributed by atoms with Crippen LogP contribution in [0.5, 0.6) is 0 Å². The molecule has 0 aliphatic heterocycles. The zero-order chi connectivity index (χ0) is 15.5. The van der Waals surface area contributed by atoms with Gasteiger partial charge in [-0.1, -0.05) is 12.8 Å². The smallest absolute Gasteiger partial charge is 0.290 e. The van der Waals surface area contributed by atoms with E-state index in [1.54, 1.807) is 13.0 Å². The second-order valence-corrected chi connectivity index (χ2v) is 5.64.